The zero-order valence-electron chi connectivity index (χ0n) is 12.4. The molecule has 3 aromatic rings. The summed E-state index contributed by atoms with van der Waals surface area (Å²) < 4.78 is 16.8. The summed E-state index contributed by atoms with van der Waals surface area (Å²) in [5.74, 6) is 2.34. The number of nitrogens with zero attached hydrogens (tertiary/aromatic N) is 1. The molecule has 0 fully saturated rings. The van der Waals surface area contributed by atoms with Crippen molar-refractivity contribution in [3.63, 3.8) is 0 Å². The van der Waals surface area contributed by atoms with E-state index in [2.05, 4.69) is 0 Å². The topological polar surface area (TPSA) is 59.0 Å². The predicted molar refractivity (Wildman–Crippen MR) is 84.2 cm³/mol. The van der Waals surface area contributed by atoms with Gasteiger partial charge in [-0.15, -0.1) is 0 Å². The smallest absolute Gasteiger partial charge is 0.443 e. The maximum absolute atomic E-state index is 10.3. The SMILES string of the molecule is Cc1ccc(N(OB(O)c2ccccc2)c2ccc(C)o2)o1. The molecule has 3 rings (SSSR count). The van der Waals surface area contributed by atoms with Crippen molar-refractivity contribution in [1.29, 1.82) is 0 Å². The second kappa shape index (κ2) is 6.13. The molecule has 2 aromatic heterocycles. The molecule has 0 aliphatic heterocycles. The van der Waals surface area contributed by atoms with Gasteiger partial charge in [0.1, 0.15) is 11.5 Å². The number of hydrogen-bond acceptors (Lipinski definition) is 5. The summed E-state index contributed by atoms with van der Waals surface area (Å²) in [5, 5.41) is 11.6. The third kappa shape index (κ3) is 3.08. The molecule has 22 heavy (non-hydrogen) atoms. The van der Waals surface area contributed by atoms with Gasteiger partial charge in [-0.25, -0.2) is 0 Å². The highest BCUT2D eigenvalue weighted by Crippen LogP contribution is 2.29. The Morgan fingerprint density at radius 1 is 0.864 bits per heavy atom. The molecule has 0 amide bonds. The van der Waals surface area contributed by atoms with Crippen LogP contribution in [0.4, 0.5) is 11.8 Å². The molecule has 0 aliphatic rings. The van der Waals surface area contributed by atoms with Crippen molar-refractivity contribution in [3.05, 3.63) is 66.1 Å². The van der Waals surface area contributed by atoms with Gasteiger partial charge in [0.2, 0.25) is 11.8 Å². The van der Waals surface area contributed by atoms with Gasteiger partial charge in [0.15, 0.2) is 0 Å². The second-order valence-electron chi connectivity index (χ2n) is 4.93. The lowest BCUT2D eigenvalue weighted by molar-refractivity contribution is 0.239. The molecule has 0 atom stereocenters. The van der Waals surface area contributed by atoms with E-state index < -0.39 is 7.12 Å². The fourth-order valence-electron chi connectivity index (χ4n) is 2.05. The van der Waals surface area contributed by atoms with Crippen LogP contribution < -0.4 is 10.5 Å². The van der Waals surface area contributed by atoms with Crippen LogP contribution in [0.5, 0.6) is 0 Å². The first-order valence-corrected chi connectivity index (χ1v) is 6.96. The molecule has 2 heterocycles. The highest BCUT2D eigenvalue weighted by atomic mass is 16.7. The average molecular weight is 297 g/mol. The molecule has 0 saturated heterocycles. The monoisotopic (exact) mass is 297 g/mol. The predicted octanol–water partition coefficient (Wildman–Crippen LogP) is 2.95. The number of rotatable bonds is 5. The van der Waals surface area contributed by atoms with E-state index >= 15 is 0 Å². The van der Waals surface area contributed by atoms with Gasteiger partial charge in [-0.2, -0.15) is 5.06 Å². The van der Waals surface area contributed by atoms with Crippen molar-refractivity contribution in [1.82, 2.24) is 0 Å². The van der Waals surface area contributed by atoms with Gasteiger partial charge < -0.3 is 13.9 Å². The molecule has 0 radical (unpaired) electrons. The summed E-state index contributed by atoms with van der Waals surface area (Å²) in [5.41, 5.74) is 0.638. The normalized spacial score (nSPS) is 10.7. The van der Waals surface area contributed by atoms with Crippen LogP contribution in [0.1, 0.15) is 11.5 Å². The highest BCUT2D eigenvalue weighted by Gasteiger charge is 2.26. The van der Waals surface area contributed by atoms with Gasteiger partial charge in [-0.05, 0) is 31.4 Å². The second-order valence-corrected chi connectivity index (χ2v) is 4.93. The first-order chi connectivity index (χ1) is 10.6. The van der Waals surface area contributed by atoms with E-state index in [1.807, 2.05) is 44.2 Å². The Balaban J connectivity index is 1.89. The van der Waals surface area contributed by atoms with Crippen LogP contribution in [0.3, 0.4) is 0 Å². The maximum atomic E-state index is 10.3. The van der Waals surface area contributed by atoms with E-state index in [1.165, 1.54) is 5.06 Å². The summed E-state index contributed by atoms with van der Waals surface area (Å²) >= 11 is 0. The van der Waals surface area contributed by atoms with Crippen LogP contribution in [-0.2, 0) is 4.76 Å². The molecule has 112 valence electrons. The molecule has 1 N–H and O–H groups in total. The lowest BCUT2D eigenvalue weighted by atomic mass is 9.80. The minimum Gasteiger partial charge on any atom is -0.443 e. The lowest BCUT2D eigenvalue weighted by Crippen LogP contribution is -2.39. The molecule has 0 spiro atoms. The highest BCUT2D eigenvalue weighted by molar-refractivity contribution is 6.60. The van der Waals surface area contributed by atoms with E-state index in [4.69, 9.17) is 13.6 Å². The van der Waals surface area contributed by atoms with Crippen molar-refractivity contribution in [2.75, 3.05) is 5.06 Å². The van der Waals surface area contributed by atoms with Crippen molar-refractivity contribution in [2.45, 2.75) is 13.8 Å². The molecular weight excluding hydrogens is 281 g/mol. The minimum atomic E-state index is -1.14. The molecule has 5 nitrogen and oxygen atoms in total. The average Bonchev–Trinajstić information content (AvgIpc) is 3.14. The molecular formula is C16H16BNO4. The first kappa shape index (κ1) is 14.5. The number of anilines is 2. The van der Waals surface area contributed by atoms with Gasteiger partial charge in [0.05, 0.1) is 0 Å². The molecule has 0 saturated carbocycles. The fourth-order valence-corrected chi connectivity index (χ4v) is 2.05. The van der Waals surface area contributed by atoms with Crippen LogP contribution in [0.15, 0.2) is 63.4 Å². The van der Waals surface area contributed by atoms with Crippen molar-refractivity contribution in [2.24, 2.45) is 0 Å². The van der Waals surface area contributed by atoms with Gasteiger partial charge in [0, 0.05) is 12.1 Å². The number of furan rings is 2. The maximum Gasteiger partial charge on any atom is 0.515 e. The van der Waals surface area contributed by atoms with Gasteiger partial charge in [-0.1, -0.05) is 30.3 Å². The standard InChI is InChI=1S/C16H16BNO4/c1-12-8-10-15(20-12)18(16-11-9-13(2)21-16)22-17(19)14-6-4-3-5-7-14/h3-11,19H,1-2H3. The minimum absolute atomic E-state index is 0.432. The number of benzene rings is 1. The molecule has 0 bridgehead atoms. The molecule has 1 aromatic carbocycles. The van der Waals surface area contributed by atoms with Crippen molar-refractivity contribution < 1.29 is 18.6 Å². The van der Waals surface area contributed by atoms with Gasteiger partial charge >= 0.3 is 7.12 Å². The summed E-state index contributed by atoms with van der Waals surface area (Å²) in [6, 6.07) is 16.2. The van der Waals surface area contributed by atoms with Crippen molar-refractivity contribution in [3.8, 4) is 0 Å². The summed E-state index contributed by atoms with van der Waals surface area (Å²) in [6.45, 7) is 3.67. The van der Waals surface area contributed by atoms with E-state index in [9.17, 15) is 5.02 Å². The molecule has 0 aliphatic carbocycles. The van der Waals surface area contributed by atoms with Gasteiger partial charge in [-0.3, -0.25) is 4.76 Å². The quantitative estimate of drug-likeness (QED) is 0.579. The van der Waals surface area contributed by atoms with Crippen LogP contribution in [0.25, 0.3) is 0 Å². The van der Waals surface area contributed by atoms with Crippen LogP contribution in [0.2, 0.25) is 0 Å². The Labute approximate surface area is 128 Å². The largest absolute Gasteiger partial charge is 0.515 e. The zero-order chi connectivity index (χ0) is 15.5. The molecule has 0 unspecified atom stereocenters. The Hall–Kier alpha value is -2.44. The number of hydrogen-bond donors (Lipinski definition) is 1. The Morgan fingerprint density at radius 2 is 1.41 bits per heavy atom. The Morgan fingerprint density at radius 3 is 1.86 bits per heavy atom. The van der Waals surface area contributed by atoms with E-state index in [0.29, 0.717) is 17.2 Å². The lowest BCUT2D eigenvalue weighted by Gasteiger charge is -2.20. The first-order valence-electron chi connectivity index (χ1n) is 6.96. The summed E-state index contributed by atoms with van der Waals surface area (Å²) in [6.07, 6.45) is 0. The van der Waals surface area contributed by atoms with Crippen molar-refractivity contribution >= 4 is 24.3 Å². The van der Waals surface area contributed by atoms with Crippen LogP contribution in [-0.4, -0.2) is 12.1 Å². The van der Waals surface area contributed by atoms with Crippen LogP contribution >= 0.6 is 0 Å². The number of aryl methyl sites for hydroxylation is 2. The van der Waals surface area contributed by atoms with E-state index in [0.717, 1.165) is 11.5 Å². The Bertz CT molecular complexity index is 697. The summed E-state index contributed by atoms with van der Waals surface area (Å²) in [7, 11) is -1.14. The summed E-state index contributed by atoms with van der Waals surface area (Å²) in [4.78, 5) is 0. The van der Waals surface area contributed by atoms with E-state index in [1.54, 1.807) is 24.3 Å². The molecule has 6 heteroatoms. The fraction of sp³-hybridized carbons (Fsp3) is 0.125. The van der Waals surface area contributed by atoms with Gasteiger partial charge in [0.25, 0.3) is 0 Å². The van der Waals surface area contributed by atoms with E-state index in [-0.39, 0.29) is 0 Å². The third-order valence-electron chi connectivity index (χ3n) is 3.14. The third-order valence-corrected chi connectivity index (χ3v) is 3.14. The Kier molecular flexibility index (Phi) is 4.04. The zero-order valence-corrected chi connectivity index (χ0v) is 12.4. The van der Waals surface area contributed by atoms with Crippen LogP contribution in [0, 0.1) is 13.8 Å².